The number of hydrogen-bond donors (Lipinski definition) is 1. The van der Waals surface area contributed by atoms with E-state index in [0.29, 0.717) is 6.42 Å². The van der Waals surface area contributed by atoms with Gasteiger partial charge in [0.1, 0.15) is 6.04 Å². The second-order valence-corrected chi connectivity index (χ2v) is 5.33. The fraction of sp³-hybridized carbons (Fsp3) is 0.412. The molecule has 2 aromatic rings. The Hall–Kier alpha value is -1.55. The summed E-state index contributed by atoms with van der Waals surface area (Å²) >= 11 is 0. The van der Waals surface area contributed by atoms with Crippen LogP contribution in [0.4, 0.5) is 13.2 Å². The molecule has 2 aromatic carbocycles. The molecular weight excluding hydrogens is 275 g/mol. The van der Waals surface area contributed by atoms with Crippen LogP contribution < -0.4 is 5.73 Å². The summed E-state index contributed by atoms with van der Waals surface area (Å²) in [6.07, 6.45) is -0.867. The Balaban J connectivity index is 2.50. The van der Waals surface area contributed by atoms with Gasteiger partial charge in [-0.3, -0.25) is 0 Å². The summed E-state index contributed by atoms with van der Waals surface area (Å²) < 4.78 is 38.9. The summed E-state index contributed by atoms with van der Waals surface area (Å²) in [5, 5.41) is 1.84. The van der Waals surface area contributed by atoms with E-state index >= 15 is 0 Å². The molecule has 0 saturated heterocycles. The molecule has 114 valence electrons. The van der Waals surface area contributed by atoms with Crippen molar-refractivity contribution in [3.05, 3.63) is 47.5 Å². The van der Waals surface area contributed by atoms with Crippen molar-refractivity contribution >= 4 is 10.8 Å². The van der Waals surface area contributed by atoms with Gasteiger partial charge in [-0.25, -0.2) is 0 Å². The van der Waals surface area contributed by atoms with Gasteiger partial charge in [-0.2, -0.15) is 13.2 Å². The fourth-order valence-corrected chi connectivity index (χ4v) is 2.65. The van der Waals surface area contributed by atoms with Gasteiger partial charge in [-0.05, 0) is 34.7 Å². The second-order valence-electron chi connectivity index (χ2n) is 5.33. The molecule has 0 unspecified atom stereocenters. The van der Waals surface area contributed by atoms with Crippen LogP contribution in [0.1, 0.15) is 43.4 Å². The van der Waals surface area contributed by atoms with E-state index in [4.69, 9.17) is 5.73 Å². The lowest BCUT2D eigenvalue weighted by Crippen LogP contribution is -2.29. The number of nitrogens with two attached hydrogens (primary N) is 1. The minimum atomic E-state index is -4.41. The Morgan fingerprint density at radius 3 is 2.43 bits per heavy atom. The van der Waals surface area contributed by atoms with E-state index in [-0.39, 0.29) is 5.56 Å². The lowest BCUT2D eigenvalue weighted by atomic mass is 9.91. The standard InChI is InChI=1S/C17H20F3N/c1-2-3-4-9-14-13-8-6-5-7-12(13)10-11-15(14)16(21)17(18,19)20/h5-8,10-11,16H,2-4,9,21H2,1H3/t16-/m0/s1. The van der Waals surface area contributed by atoms with Crippen LogP contribution in [0.2, 0.25) is 0 Å². The van der Waals surface area contributed by atoms with Crippen LogP contribution >= 0.6 is 0 Å². The largest absolute Gasteiger partial charge is 0.407 e. The van der Waals surface area contributed by atoms with Crippen molar-refractivity contribution in [2.45, 2.75) is 44.8 Å². The summed E-state index contributed by atoms with van der Waals surface area (Å²) in [4.78, 5) is 0. The number of halogens is 3. The molecule has 4 heteroatoms. The Kier molecular flexibility index (Phi) is 4.88. The Labute approximate surface area is 123 Å². The molecular formula is C17H20F3N. The molecule has 1 nitrogen and oxygen atoms in total. The number of aryl methyl sites for hydroxylation is 1. The average Bonchev–Trinajstić information content (AvgIpc) is 2.46. The summed E-state index contributed by atoms with van der Waals surface area (Å²) in [5.74, 6) is 0. The van der Waals surface area contributed by atoms with Gasteiger partial charge in [0.25, 0.3) is 0 Å². The molecule has 0 amide bonds. The van der Waals surface area contributed by atoms with Crippen LogP contribution in [-0.2, 0) is 6.42 Å². The third kappa shape index (κ3) is 3.56. The van der Waals surface area contributed by atoms with Crippen molar-refractivity contribution in [1.82, 2.24) is 0 Å². The molecule has 0 spiro atoms. The smallest absolute Gasteiger partial charge is 0.316 e. The van der Waals surface area contributed by atoms with E-state index in [9.17, 15) is 13.2 Å². The van der Waals surface area contributed by atoms with Crippen molar-refractivity contribution in [1.29, 1.82) is 0 Å². The number of benzene rings is 2. The SMILES string of the molecule is CCCCCc1c([C@H](N)C(F)(F)F)ccc2ccccc12. The lowest BCUT2D eigenvalue weighted by molar-refractivity contribution is -0.149. The van der Waals surface area contributed by atoms with Gasteiger partial charge < -0.3 is 5.73 Å². The van der Waals surface area contributed by atoms with Gasteiger partial charge >= 0.3 is 6.18 Å². The van der Waals surface area contributed by atoms with Crippen LogP contribution in [-0.4, -0.2) is 6.18 Å². The zero-order valence-electron chi connectivity index (χ0n) is 12.1. The molecule has 1 atom stereocenters. The van der Waals surface area contributed by atoms with Gasteiger partial charge in [0.2, 0.25) is 0 Å². The number of hydrogen-bond acceptors (Lipinski definition) is 1. The van der Waals surface area contributed by atoms with Crippen LogP contribution in [0.15, 0.2) is 36.4 Å². The highest BCUT2D eigenvalue weighted by atomic mass is 19.4. The van der Waals surface area contributed by atoms with Gasteiger partial charge in [0, 0.05) is 0 Å². The van der Waals surface area contributed by atoms with E-state index in [2.05, 4.69) is 6.92 Å². The maximum Gasteiger partial charge on any atom is 0.407 e. The third-order valence-corrected chi connectivity index (χ3v) is 3.79. The highest BCUT2D eigenvalue weighted by molar-refractivity contribution is 5.87. The van der Waals surface area contributed by atoms with Crippen LogP contribution in [0.3, 0.4) is 0 Å². The molecule has 0 heterocycles. The molecule has 0 aliphatic rings. The highest BCUT2D eigenvalue weighted by Crippen LogP contribution is 2.35. The van der Waals surface area contributed by atoms with E-state index in [1.165, 1.54) is 6.07 Å². The monoisotopic (exact) mass is 295 g/mol. The predicted octanol–water partition coefficient (Wildman–Crippen LogP) is 5.13. The van der Waals surface area contributed by atoms with Gasteiger partial charge in [0.05, 0.1) is 0 Å². The van der Waals surface area contributed by atoms with Gasteiger partial charge in [-0.15, -0.1) is 0 Å². The summed E-state index contributed by atoms with van der Waals surface area (Å²) in [7, 11) is 0. The first-order valence-corrected chi connectivity index (χ1v) is 7.28. The number of alkyl halides is 3. The highest BCUT2D eigenvalue weighted by Gasteiger charge is 2.39. The maximum atomic E-state index is 13.0. The number of unbranched alkanes of at least 4 members (excludes halogenated alkanes) is 2. The average molecular weight is 295 g/mol. The quantitative estimate of drug-likeness (QED) is 0.760. The first kappa shape index (κ1) is 15.8. The zero-order valence-corrected chi connectivity index (χ0v) is 12.1. The minimum Gasteiger partial charge on any atom is -0.316 e. The molecule has 0 aliphatic heterocycles. The van der Waals surface area contributed by atoms with Crippen molar-refractivity contribution in [3.63, 3.8) is 0 Å². The molecule has 0 saturated carbocycles. The van der Waals surface area contributed by atoms with E-state index in [1.54, 1.807) is 6.07 Å². The van der Waals surface area contributed by atoms with E-state index in [1.807, 2.05) is 24.3 Å². The van der Waals surface area contributed by atoms with E-state index < -0.39 is 12.2 Å². The zero-order chi connectivity index (χ0) is 15.5. The molecule has 0 bridgehead atoms. The normalized spacial score (nSPS) is 13.6. The Morgan fingerprint density at radius 1 is 1.05 bits per heavy atom. The lowest BCUT2D eigenvalue weighted by Gasteiger charge is -2.21. The number of rotatable bonds is 5. The summed E-state index contributed by atoms with van der Waals surface area (Å²) in [5.41, 5.74) is 6.39. The van der Waals surface area contributed by atoms with Crippen molar-refractivity contribution < 1.29 is 13.2 Å². The maximum absolute atomic E-state index is 13.0. The Morgan fingerprint density at radius 2 is 1.76 bits per heavy atom. The molecule has 0 fully saturated rings. The molecule has 0 aliphatic carbocycles. The van der Waals surface area contributed by atoms with Gasteiger partial charge in [0.15, 0.2) is 0 Å². The minimum absolute atomic E-state index is 0.206. The third-order valence-electron chi connectivity index (χ3n) is 3.79. The summed E-state index contributed by atoms with van der Waals surface area (Å²) in [6.45, 7) is 2.07. The van der Waals surface area contributed by atoms with Crippen molar-refractivity contribution in [2.75, 3.05) is 0 Å². The first-order chi connectivity index (χ1) is 9.95. The molecule has 21 heavy (non-hydrogen) atoms. The van der Waals surface area contributed by atoms with E-state index in [0.717, 1.165) is 35.6 Å². The van der Waals surface area contributed by atoms with Crippen LogP contribution in [0.5, 0.6) is 0 Å². The molecule has 0 radical (unpaired) electrons. The van der Waals surface area contributed by atoms with Crippen molar-refractivity contribution in [3.8, 4) is 0 Å². The Bertz CT molecular complexity index is 604. The topological polar surface area (TPSA) is 26.0 Å². The summed E-state index contributed by atoms with van der Waals surface area (Å²) in [6, 6.07) is 8.88. The predicted molar refractivity (Wildman–Crippen MR) is 80.2 cm³/mol. The fourth-order valence-electron chi connectivity index (χ4n) is 2.65. The molecule has 2 N–H and O–H groups in total. The second kappa shape index (κ2) is 6.48. The van der Waals surface area contributed by atoms with Gasteiger partial charge in [-0.1, -0.05) is 56.2 Å². The number of fused-ring (bicyclic) bond motifs is 1. The van der Waals surface area contributed by atoms with Crippen LogP contribution in [0, 0.1) is 0 Å². The molecule has 0 aromatic heterocycles. The molecule has 2 rings (SSSR count). The van der Waals surface area contributed by atoms with Crippen LogP contribution in [0.25, 0.3) is 10.8 Å². The first-order valence-electron chi connectivity index (χ1n) is 7.28. The van der Waals surface area contributed by atoms with Crippen molar-refractivity contribution in [2.24, 2.45) is 5.73 Å².